The predicted molar refractivity (Wildman–Crippen MR) is 74.8 cm³/mol. The van der Waals surface area contributed by atoms with Gasteiger partial charge in [-0.3, -0.25) is 13.9 Å². The Hall–Kier alpha value is -1.56. The minimum absolute atomic E-state index is 0.254. The first kappa shape index (κ1) is 13.9. The molecule has 0 N–H and O–H groups in total. The molecule has 2 aromatic heterocycles. The molecule has 0 unspecified atom stereocenters. The fourth-order valence-corrected chi connectivity index (χ4v) is 2.39. The van der Waals surface area contributed by atoms with E-state index in [-0.39, 0.29) is 10.8 Å². The predicted octanol–water partition coefficient (Wildman–Crippen LogP) is 1.28. The number of aryl methyl sites for hydroxylation is 2. The van der Waals surface area contributed by atoms with E-state index in [1.165, 1.54) is 11.6 Å². The third-order valence-electron chi connectivity index (χ3n) is 3.29. The van der Waals surface area contributed by atoms with E-state index in [1.54, 1.807) is 11.6 Å². The Balaban J connectivity index is 2.69. The highest BCUT2D eigenvalue weighted by Gasteiger charge is 2.17. The molecule has 0 aliphatic heterocycles. The summed E-state index contributed by atoms with van der Waals surface area (Å²) in [7, 11) is 3.05. The molecule has 104 valence electrons. The number of aromatic nitrogens is 4. The average molecular weight is 285 g/mol. The van der Waals surface area contributed by atoms with Crippen molar-refractivity contribution in [1.82, 2.24) is 18.7 Å². The molecule has 0 saturated carbocycles. The Morgan fingerprint density at radius 3 is 2.47 bits per heavy atom. The number of nitrogens with zero attached hydrogens (tertiary/aromatic N) is 4. The van der Waals surface area contributed by atoms with Crippen molar-refractivity contribution in [2.24, 2.45) is 14.1 Å². The van der Waals surface area contributed by atoms with Crippen molar-refractivity contribution < 1.29 is 0 Å². The number of hydrogen-bond donors (Lipinski definition) is 0. The first-order valence-electron chi connectivity index (χ1n) is 6.30. The van der Waals surface area contributed by atoms with Crippen molar-refractivity contribution >= 4 is 22.8 Å². The number of hydrogen-bond acceptors (Lipinski definition) is 3. The number of fused-ring (bicyclic) bond motifs is 1. The second kappa shape index (κ2) is 5.21. The summed E-state index contributed by atoms with van der Waals surface area (Å²) in [6.07, 6.45) is 3.07. The molecule has 0 aliphatic carbocycles. The van der Waals surface area contributed by atoms with Crippen molar-refractivity contribution in [2.75, 3.05) is 0 Å². The third kappa shape index (κ3) is 2.20. The number of unbranched alkanes of at least 4 members (excludes halogenated alkanes) is 2. The SMILES string of the molecule is CCCCCn1c(Cl)nc2c1c(=O)n(C)c(=O)n2C. The fourth-order valence-electron chi connectivity index (χ4n) is 2.14. The molecule has 7 heteroatoms. The molecule has 0 aromatic carbocycles. The van der Waals surface area contributed by atoms with E-state index in [4.69, 9.17) is 11.6 Å². The van der Waals surface area contributed by atoms with Crippen LogP contribution in [-0.4, -0.2) is 18.7 Å². The van der Waals surface area contributed by atoms with Crippen LogP contribution in [0.1, 0.15) is 26.2 Å². The van der Waals surface area contributed by atoms with E-state index in [9.17, 15) is 9.59 Å². The topological polar surface area (TPSA) is 61.8 Å². The van der Waals surface area contributed by atoms with Crippen LogP contribution in [0.15, 0.2) is 9.59 Å². The summed E-state index contributed by atoms with van der Waals surface area (Å²) in [5.41, 5.74) is -0.0123. The van der Waals surface area contributed by atoms with Gasteiger partial charge in [0.2, 0.25) is 5.28 Å². The van der Waals surface area contributed by atoms with Crippen molar-refractivity contribution in [3.05, 3.63) is 26.1 Å². The van der Waals surface area contributed by atoms with Crippen molar-refractivity contribution in [3.8, 4) is 0 Å². The monoisotopic (exact) mass is 284 g/mol. The molecule has 0 saturated heterocycles. The van der Waals surface area contributed by atoms with Gasteiger partial charge in [-0.25, -0.2) is 4.79 Å². The lowest BCUT2D eigenvalue weighted by molar-refractivity contribution is 0.609. The molecule has 0 atom stereocenters. The minimum Gasteiger partial charge on any atom is -0.309 e. The van der Waals surface area contributed by atoms with Crippen LogP contribution in [0.3, 0.4) is 0 Å². The third-order valence-corrected chi connectivity index (χ3v) is 3.58. The van der Waals surface area contributed by atoms with E-state index < -0.39 is 5.69 Å². The molecule has 2 heterocycles. The number of rotatable bonds is 4. The van der Waals surface area contributed by atoms with Gasteiger partial charge < -0.3 is 4.57 Å². The van der Waals surface area contributed by atoms with Gasteiger partial charge in [-0.15, -0.1) is 0 Å². The van der Waals surface area contributed by atoms with Crippen molar-refractivity contribution in [3.63, 3.8) is 0 Å². The van der Waals surface area contributed by atoms with Gasteiger partial charge in [-0.2, -0.15) is 4.98 Å². The zero-order valence-electron chi connectivity index (χ0n) is 11.3. The molecule has 0 amide bonds. The molecule has 0 radical (unpaired) electrons. The summed E-state index contributed by atoms with van der Waals surface area (Å²) in [6.45, 7) is 2.74. The molecule has 6 nitrogen and oxygen atoms in total. The summed E-state index contributed by atoms with van der Waals surface area (Å²) >= 11 is 6.08. The van der Waals surface area contributed by atoms with Crippen LogP contribution < -0.4 is 11.2 Å². The fraction of sp³-hybridized carbons (Fsp3) is 0.583. The Labute approximate surface area is 115 Å². The highest BCUT2D eigenvalue weighted by Crippen LogP contribution is 2.16. The van der Waals surface area contributed by atoms with Crippen LogP contribution in [0.4, 0.5) is 0 Å². The average Bonchev–Trinajstić information content (AvgIpc) is 2.72. The second-order valence-corrected chi connectivity index (χ2v) is 4.96. The summed E-state index contributed by atoms with van der Waals surface area (Å²) < 4.78 is 4.11. The number of halogens is 1. The summed E-state index contributed by atoms with van der Waals surface area (Å²) in [5.74, 6) is 0. The van der Waals surface area contributed by atoms with Crippen molar-refractivity contribution in [2.45, 2.75) is 32.7 Å². The first-order chi connectivity index (χ1) is 8.99. The van der Waals surface area contributed by atoms with Crippen LogP contribution in [0.2, 0.25) is 5.28 Å². The molecule has 0 fully saturated rings. The van der Waals surface area contributed by atoms with Crippen LogP contribution in [0.25, 0.3) is 11.2 Å². The minimum atomic E-state index is -0.396. The van der Waals surface area contributed by atoms with Crippen LogP contribution in [0.5, 0.6) is 0 Å². The lowest BCUT2D eigenvalue weighted by Crippen LogP contribution is -2.37. The molecule has 0 aliphatic rings. The van der Waals surface area contributed by atoms with Crippen molar-refractivity contribution in [1.29, 1.82) is 0 Å². The largest absolute Gasteiger partial charge is 0.332 e. The molecular formula is C12H17ClN4O2. The molecular weight excluding hydrogens is 268 g/mol. The highest BCUT2D eigenvalue weighted by atomic mass is 35.5. The van der Waals surface area contributed by atoms with E-state index >= 15 is 0 Å². The normalized spacial score (nSPS) is 11.4. The van der Waals surface area contributed by atoms with Gasteiger partial charge in [0.05, 0.1) is 0 Å². The summed E-state index contributed by atoms with van der Waals surface area (Å²) in [5, 5.41) is 0.254. The quantitative estimate of drug-likeness (QED) is 0.628. The molecule has 2 aromatic rings. The lowest BCUT2D eigenvalue weighted by atomic mass is 10.2. The second-order valence-electron chi connectivity index (χ2n) is 4.62. The molecule has 19 heavy (non-hydrogen) atoms. The van der Waals surface area contributed by atoms with E-state index in [1.807, 2.05) is 0 Å². The Morgan fingerprint density at radius 1 is 1.16 bits per heavy atom. The van der Waals surface area contributed by atoms with Gasteiger partial charge in [0.15, 0.2) is 11.2 Å². The van der Waals surface area contributed by atoms with Gasteiger partial charge in [-0.05, 0) is 18.0 Å². The van der Waals surface area contributed by atoms with Crippen LogP contribution >= 0.6 is 11.6 Å². The summed E-state index contributed by atoms with van der Waals surface area (Å²) in [6, 6.07) is 0. The zero-order valence-corrected chi connectivity index (χ0v) is 12.1. The van der Waals surface area contributed by atoms with Gasteiger partial charge >= 0.3 is 5.69 Å². The lowest BCUT2D eigenvalue weighted by Gasteiger charge is -2.06. The smallest absolute Gasteiger partial charge is 0.309 e. The maximum Gasteiger partial charge on any atom is 0.332 e. The molecule has 2 rings (SSSR count). The van der Waals surface area contributed by atoms with Gasteiger partial charge in [0.25, 0.3) is 5.56 Å². The van der Waals surface area contributed by atoms with E-state index in [0.29, 0.717) is 17.7 Å². The molecule has 0 bridgehead atoms. The van der Waals surface area contributed by atoms with Gasteiger partial charge in [0.1, 0.15) is 0 Å². The number of imidazole rings is 1. The van der Waals surface area contributed by atoms with E-state index in [2.05, 4.69) is 11.9 Å². The standard InChI is InChI=1S/C12H17ClN4O2/c1-4-5-6-7-17-8-9(14-11(17)13)15(2)12(19)16(3)10(8)18/h4-7H2,1-3H3. The Bertz CT molecular complexity index is 726. The highest BCUT2D eigenvalue weighted by molar-refractivity contribution is 6.29. The van der Waals surface area contributed by atoms with Gasteiger partial charge in [0, 0.05) is 20.6 Å². The summed E-state index contributed by atoms with van der Waals surface area (Å²) in [4.78, 5) is 28.1. The Kier molecular flexibility index (Phi) is 3.80. The van der Waals surface area contributed by atoms with E-state index in [0.717, 1.165) is 23.8 Å². The maximum atomic E-state index is 12.2. The maximum absolute atomic E-state index is 12.2. The van der Waals surface area contributed by atoms with Crippen LogP contribution in [0, 0.1) is 0 Å². The zero-order chi connectivity index (χ0) is 14.2. The Morgan fingerprint density at radius 2 is 1.84 bits per heavy atom. The van der Waals surface area contributed by atoms with Crippen LogP contribution in [-0.2, 0) is 20.6 Å². The molecule has 0 spiro atoms. The van der Waals surface area contributed by atoms with Gasteiger partial charge in [-0.1, -0.05) is 19.8 Å². The first-order valence-corrected chi connectivity index (χ1v) is 6.68.